The molecule has 176 valence electrons. The van der Waals surface area contributed by atoms with E-state index in [4.69, 9.17) is 5.73 Å². The highest BCUT2D eigenvalue weighted by Crippen LogP contribution is 2.28. The fraction of sp³-hybridized carbons (Fsp3) is 0.227. The van der Waals surface area contributed by atoms with Crippen LogP contribution in [0, 0.1) is 11.6 Å². The van der Waals surface area contributed by atoms with Gasteiger partial charge in [0.2, 0.25) is 11.9 Å². The molecular formula is C22H23F2N9S. The van der Waals surface area contributed by atoms with Crippen LogP contribution < -0.4 is 11.1 Å². The Labute approximate surface area is 199 Å². The van der Waals surface area contributed by atoms with Crippen molar-refractivity contribution in [3.63, 3.8) is 0 Å². The van der Waals surface area contributed by atoms with Crippen LogP contribution in [0.1, 0.15) is 24.6 Å². The van der Waals surface area contributed by atoms with E-state index in [0.717, 1.165) is 5.69 Å². The quantitative estimate of drug-likeness (QED) is 0.360. The van der Waals surface area contributed by atoms with Crippen LogP contribution in [-0.4, -0.2) is 48.7 Å². The second kappa shape index (κ2) is 10.1. The van der Waals surface area contributed by atoms with E-state index in [-0.39, 0.29) is 29.6 Å². The molecule has 0 aliphatic carbocycles. The molecule has 0 aliphatic heterocycles. The summed E-state index contributed by atoms with van der Waals surface area (Å²) >= 11 is 1.37. The minimum atomic E-state index is -0.342. The van der Waals surface area contributed by atoms with Crippen molar-refractivity contribution < 1.29 is 8.78 Å². The minimum Gasteiger partial charge on any atom is -0.368 e. The fourth-order valence-corrected chi connectivity index (χ4v) is 3.87. The first-order chi connectivity index (χ1) is 16.3. The molecule has 3 N–H and O–H groups in total. The molecule has 0 saturated heterocycles. The summed E-state index contributed by atoms with van der Waals surface area (Å²) in [6.45, 7) is 2.01. The van der Waals surface area contributed by atoms with Crippen molar-refractivity contribution in [1.29, 1.82) is 0 Å². The summed E-state index contributed by atoms with van der Waals surface area (Å²) in [5.41, 5.74) is 7.23. The van der Waals surface area contributed by atoms with Crippen LogP contribution in [0.3, 0.4) is 0 Å². The standard InChI is InChI=1S/C22H23F2N9S/c1-13(32(2)3)19-30-31-22(33(19)17-10-6-15(24)7-11-17)34-12-18-27-20(25)29-21(28-18)26-16-8-4-14(23)5-9-16/h4-11,13H,12H2,1-3H3,(H3,25,26,27,28,29)/t13-/m1/s1. The van der Waals surface area contributed by atoms with E-state index in [9.17, 15) is 8.78 Å². The lowest BCUT2D eigenvalue weighted by atomic mass is 10.2. The predicted molar refractivity (Wildman–Crippen MR) is 127 cm³/mol. The molecular weight excluding hydrogens is 460 g/mol. The van der Waals surface area contributed by atoms with Gasteiger partial charge in [0.15, 0.2) is 11.0 Å². The third-order valence-corrected chi connectivity index (χ3v) is 5.95. The first-order valence-electron chi connectivity index (χ1n) is 10.3. The zero-order valence-electron chi connectivity index (χ0n) is 18.8. The molecule has 4 aromatic rings. The summed E-state index contributed by atoms with van der Waals surface area (Å²) in [5.74, 6) is 1.11. The van der Waals surface area contributed by atoms with Crippen molar-refractivity contribution in [2.24, 2.45) is 0 Å². The van der Waals surface area contributed by atoms with E-state index in [1.54, 1.807) is 24.3 Å². The van der Waals surface area contributed by atoms with Gasteiger partial charge in [0.25, 0.3) is 0 Å². The molecule has 1 atom stereocenters. The number of nitrogen functional groups attached to an aromatic ring is 1. The topological polar surface area (TPSA) is 111 Å². The molecule has 0 saturated carbocycles. The van der Waals surface area contributed by atoms with Crippen molar-refractivity contribution in [3.8, 4) is 5.69 Å². The lowest BCUT2D eigenvalue weighted by Crippen LogP contribution is -2.20. The number of hydrogen-bond donors (Lipinski definition) is 2. The number of hydrogen-bond acceptors (Lipinski definition) is 9. The number of aromatic nitrogens is 6. The molecule has 9 nitrogen and oxygen atoms in total. The lowest BCUT2D eigenvalue weighted by molar-refractivity contribution is 0.305. The highest BCUT2D eigenvalue weighted by molar-refractivity contribution is 7.98. The van der Waals surface area contributed by atoms with Crippen LogP contribution in [0.15, 0.2) is 53.7 Å². The molecule has 2 aromatic carbocycles. The normalized spacial score (nSPS) is 12.2. The van der Waals surface area contributed by atoms with E-state index in [0.29, 0.717) is 28.2 Å². The first kappa shape index (κ1) is 23.5. The van der Waals surface area contributed by atoms with Crippen molar-refractivity contribution in [3.05, 3.63) is 71.8 Å². The average molecular weight is 484 g/mol. The molecule has 2 heterocycles. The van der Waals surface area contributed by atoms with Crippen LogP contribution in [0.25, 0.3) is 5.69 Å². The lowest BCUT2D eigenvalue weighted by Gasteiger charge is -2.20. The zero-order valence-corrected chi connectivity index (χ0v) is 19.6. The van der Waals surface area contributed by atoms with Gasteiger partial charge < -0.3 is 11.1 Å². The summed E-state index contributed by atoms with van der Waals surface area (Å²) in [6.07, 6.45) is 0. The van der Waals surface area contributed by atoms with Gasteiger partial charge in [-0.1, -0.05) is 11.8 Å². The number of nitrogens with zero attached hydrogens (tertiary/aromatic N) is 7. The number of anilines is 3. The van der Waals surface area contributed by atoms with Gasteiger partial charge in [-0.2, -0.15) is 15.0 Å². The Morgan fingerprint density at radius 3 is 2.26 bits per heavy atom. The summed E-state index contributed by atoms with van der Waals surface area (Å²) < 4.78 is 28.6. The van der Waals surface area contributed by atoms with Crippen molar-refractivity contribution in [2.45, 2.75) is 23.9 Å². The SMILES string of the molecule is C[C@H](c1nnc(SCc2nc(N)nc(Nc3ccc(F)cc3)n2)n1-c1ccc(F)cc1)N(C)C. The molecule has 12 heteroatoms. The predicted octanol–water partition coefficient (Wildman–Crippen LogP) is 3.97. The maximum Gasteiger partial charge on any atom is 0.232 e. The molecule has 0 spiro atoms. The molecule has 0 amide bonds. The van der Waals surface area contributed by atoms with E-state index in [1.165, 1.54) is 36.0 Å². The largest absolute Gasteiger partial charge is 0.368 e. The summed E-state index contributed by atoms with van der Waals surface area (Å²) in [6, 6.07) is 11.9. The smallest absolute Gasteiger partial charge is 0.232 e. The molecule has 0 bridgehead atoms. The Morgan fingerprint density at radius 1 is 0.971 bits per heavy atom. The second-order valence-corrected chi connectivity index (χ2v) is 8.59. The van der Waals surface area contributed by atoms with Gasteiger partial charge in [-0.15, -0.1) is 10.2 Å². The van der Waals surface area contributed by atoms with Crippen LogP contribution in [0.5, 0.6) is 0 Å². The second-order valence-electron chi connectivity index (χ2n) is 7.65. The number of nitrogens with two attached hydrogens (primary N) is 1. The van der Waals surface area contributed by atoms with Gasteiger partial charge in [0.05, 0.1) is 11.8 Å². The Kier molecular flexibility index (Phi) is 6.98. The highest BCUT2D eigenvalue weighted by atomic mass is 32.2. The number of nitrogens with one attached hydrogen (secondary N) is 1. The highest BCUT2D eigenvalue weighted by Gasteiger charge is 2.21. The van der Waals surface area contributed by atoms with Crippen LogP contribution in [-0.2, 0) is 5.75 Å². The van der Waals surface area contributed by atoms with Gasteiger partial charge >= 0.3 is 0 Å². The maximum atomic E-state index is 13.5. The number of thioether (sulfide) groups is 1. The van der Waals surface area contributed by atoms with Gasteiger partial charge in [-0.05, 0) is 69.6 Å². The van der Waals surface area contributed by atoms with Crippen molar-refractivity contribution in [1.82, 2.24) is 34.6 Å². The fourth-order valence-electron chi connectivity index (χ4n) is 3.06. The van der Waals surface area contributed by atoms with E-state index >= 15 is 0 Å². The Hall–Kier alpha value is -3.64. The Morgan fingerprint density at radius 2 is 1.62 bits per heavy atom. The maximum absolute atomic E-state index is 13.5. The van der Waals surface area contributed by atoms with Crippen LogP contribution in [0.4, 0.5) is 26.4 Å². The molecule has 0 unspecified atom stereocenters. The van der Waals surface area contributed by atoms with Gasteiger partial charge in [0, 0.05) is 11.4 Å². The molecule has 0 fully saturated rings. The Balaban J connectivity index is 1.59. The van der Waals surface area contributed by atoms with E-state index in [2.05, 4.69) is 30.5 Å². The monoisotopic (exact) mass is 483 g/mol. The summed E-state index contributed by atoms with van der Waals surface area (Å²) in [4.78, 5) is 14.7. The van der Waals surface area contributed by atoms with Crippen molar-refractivity contribution >= 4 is 29.3 Å². The zero-order chi connectivity index (χ0) is 24.2. The van der Waals surface area contributed by atoms with Gasteiger partial charge in [-0.25, -0.2) is 8.78 Å². The van der Waals surface area contributed by atoms with Crippen molar-refractivity contribution in [2.75, 3.05) is 25.1 Å². The minimum absolute atomic E-state index is 0.0359. The molecule has 34 heavy (non-hydrogen) atoms. The molecule has 0 radical (unpaired) electrons. The summed E-state index contributed by atoms with van der Waals surface area (Å²) in [7, 11) is 3.90. The Bertz CT molecular complexity index is 1260. The van der Waals surface area contributed by atoms with Gasteiger partial charge in [-0.3, -0.25) is 9.47 Å². The number of rotatable bonds is 8. The number of halogens is 2. The molecule has 2 aromatic heterocycles. The van der Waals surface area contributed by atoms with E-state index in [1.807, 2.05) is 30.5 Å². The average Bonchev–Trinajstić information content (AvgIpc) is 3.22. The molecule has 0 aliphatic rings. The van der Waals surface area contributed by atoms with Crippen LogP contribution in [0.2, 0.25) is 0 Å². The van der Waals surface area contributed by atoms with Crippen LogP contribution >= 0.6 is 11.8 Å². The summed E-state index contributed by atoms with van der Waals surface area (Å²) in [5, 5.41) is 12.3. The number of benzene rings is 2. The molecule has 4 rings (SSSR count). The van der Waals surface area contributed by atoms with E-state index < -0.39 is 0 Å². The first-order valence-corrected chi connectivity index (χ1v) is 11.3. The third kappa shape index (κ3) is 5.46. The third-order valence-electron chi connectivity index (χ3n) is 5.02. The van der Waals surface area contributed by atoms with Gasteiger partial charge in [0.1, 0.15) is 17.5 Å².